The minimum absolute atomic E-state index is 1.02. The fourth-order valence-electron chi connectivity index (χ4n) is 0.374. The maximum absolute atomic E-state index is 4.13. The zero-order chi connectivity index (χ0) is 5.98. The van der Waals surface area contributed by atoms with Crippen LogP contribution in [0.5, 0.6) is 0 Å². The van der Waals surface area contributed by atoms with Crippen molar-refractivity contribution in [2.75, 3.05) is 0 Å². The monoisotopic (exact) mass is 163 g/mol. The zero-order valence-corrected chi connectivity index (χ0v) is 6.82. The van der Waals surface area contributed by atoms with Crippen LogP contribution in [0, 0.1) is 6.92 Å². The first kappa shape index (κ1) is 6.45. The third-order valence-electron chi connectivity index (χ3n) is 0.676. The van der Waals surface area contributed by atoms with Gasteiger partial charge in [-0.3, -0.25) is 0 Å². The Bertz CT molecular complexity index is 172. The second kappa shape index (κ2) is 2.75. The Hall–Kier alpha value is 0.330. The van der Waals surface area contributed by atoms with Crippen LogP contribution in [0.15, 0.2) is 9.72 Å². The van der Waals surface area contributed by atoms with Crippen molar-refractivity contribution >= 4 is 33.8 Å². The predicted octanol–water partition coefficient (Wildman–Crippen LogP) is 2.39. The lowest BCUT2D eigenvalue weighted by molar-refractivity contribution is 1.17. The lowest BCUT2D eigenvalue weighted by atomic mass is 10.6. The van der Waals surface area contributed by atoms with Crippen LogP contribution in [0.1, 0.15) is 5.69 Å². The number of aryl methyl sites for hydroxylation is 1. The highest BCUT2D eigenvalue weighted by atomic mass is 33.1. The molecule has 0 radical (unpaired) electrons. The van der Waals surface area contributed by atoms with E-state index in [4.69, 9.17) is 0 Å². The van der Waals surface area contributed by atoms with Gasteiger partial charge in [-0.15, -0.1) is 23.0 Å². The quantitative estimate of drug-likeness (QED) is 0.504. The van der Waals surface area contributed by atoms with Gasteiger partial charge in [0.1, 0.15) is 0 Å². The van der Waals surface area contributed by atoms with E-state index in [9.17, 15) is 0 Å². The van der Waals surface area contributed by atoms with E-state index in [2.05, 4.69) is 16.6 Å². The van der Waals surface area contributed by atoms with E-state index in [1.807, 2.05) is 12.3 Å². The van der Waals surface area contributed by atoms with Crippen molar-refractivity contribution in [3.05, 3.63) is 11.1 Å². The molecule has 44 valence electrons. The Morgan fingerprint density at radius 1 is 1.88 bits per heavy atom. The summed E-state index contributed by atoms with van der Waals surface area (Å²) in [5.41, 5.74) is 1.08. The summed E-state index contributed by atoms with van der Waals surface area (Å²) in [5.74, 6) is 0. The molecule has 0 unspecified atom stereocenters. The maximum Gasteiger partial charge on any atom is 0.160 e. The molecule has 0 saturated carbocycles. The van der Waals surface area contributed by atoms with Gasteiger partial charge >= 0.3 is 0 Å². The molecule has 1 aromatic rings. The van der Waals surface area contributed by atoms with Crippen LogP contribution < -0.4 is 0 Å². The van der Waals surface area contributed by atoms with E-state index in [1.165, 1.54) is 10.8 Å². The molecule has 0 aliphatic heterocycles. The van der Waals surface area contributed by atoms with Crippen molar-refractivity contribution in [2.45, 2.75) is 11.3 Å². The van der Waals surface area contributed by atoms with Crippen molar-refractivity contribution in [2.24, 2.45) is 0 Å². The van der Waals surface area contributed by atoms with Crippen molar-refractivity contribution < 1.29 is 0 Å². The maximum atomic E-state index is 4.13. The molecule has 0 fully saturated rings. The molecule has 0 bridgehead atoms. The first-order chi connectivity index (χ1) is 3.83. The van der Waals surface area contributed by atoms with E-state index in [-0.39, 0.29) is 0 Å². The van der Waals surface area contributed by atoms with Gasteiger partial charge in [-0.25, -0.2) is 4.98 Å². The van der Waals surface area contributed by atoms with Gasteiger partial charge in [0.25, 0.3) is 0 Å². The smallest absolute Gasteiger partial charge is 0.160 e. The van der Waals surface area contributed by atoms with E-state index in [1.54, 1.807) is 11.3 Å². The lowest BCUT2D eigenvalue weighted by Gasteiger charge is -1.77. The van der Waals surface area contributed by atoms with Crippen LogP contribution in [0.25, 0.3) is 0 Å². The number of hydrogen-bond donors (Lipinski definition) is 1. The van der Waals surface area contributed by atoms with Gasteiger partial charge in [0, 0.05) is 11.1 Å². The minimum atomic E-state index is 1.02. The molecule has 0 spiro atoms. The Morgan fingerprint density at radius 3 is 2.88 bits per heavy atom. The number of aromatic nitrogens is 1. The standard InChI is InChI=1S/C4H5NS3/c1-3-2-7-4(5-3)8-6/h2,6H,1H3. The molecule has 1 nitrogen and oxygen atoms in total. The Morgan fingerprint density at radius 2 is 2.62 bits per heavy atom. The van der Waals surface area contributed by atoms with Crippen molar-refractivity contribution in [1.82, 2.24) is 4.98 Å². The summed E-state index contributed by atoms with van der Waals surface area (Å²) >= 11 is 5.61. The fraction of sp³-hybridized carbons (Fsp3) is 0.250. The summed E-state index contributed by atoms with van der Waals surface area (Å²) in [4.78, 5) is 4.13. The summed E-state index contributed by atoms with van der Waals surface area (Å²) in [7, 11) is 1.39. The summed E-state index contributed by atoms with van der Waals surface area (Å²) in [6.07, 6.45) is 0. The van der Waals surface area contributed by atoms with Gasteiger partial charge in [-0.2, -0.15) is 0 Å². The lowest BCUT2D eigenvalue weighted by Crippen LogP contribution is -1.65. The molecule has 1 rings (SSSR count). The van der Waals surface area contributed by atoms with Gasteiger partial charge in [-0.05, 0) is 17.7 Å². The molecule has 1 aromatic heterocycles. The molecular formula is C4H5NS3. The number of nitrogens with zero attached hydrogens (tertiary/aromatic N) is 1. The van der Waals surface area contributed by atoms with E-state index in [0.717, 1.165) is 10.0 Å². The average molecular weight is 163 g/mol. The number of thiol groups is 1. The van der Waals surface area contributed by atoms with Gasteiger partial charge < -0.3 is 0 Å². The molecule has 0 N–H and O–H groups in total. The highest BCUT2D eigenvalue weighted by Gasteiger charge is 1.92. The van der Waals surface area contributed by atoms with Gasteiger partial charge in [0.05, 0.1) is 0 Å². The third-order valence-corrected chi connectivity index (χ3v) is 3.10. The zero-order valence-electron chi connectivity index (χ0n) is 4.29. The molecule has 0 aliphatic rings. The van der Waals surface area contributed by atoms with E-state index in [0.29, 0.717) is 0 Å². The highest BCUT2D eigenvalue weighted by Crippen LogP contribution is 2.24. The molecule has 4 heteroatoms. The second-order valence-corrected chi connectivity index (χ2v) is 3.58. The molecule has 0 aromatic carbocycles. The molecular weight excluding hydrogens is 158 g/mol. The number of thiazole rings is 1. The first-order valence-electron chi connectivity index (χ1n) is 2.06. The van der Waals surface area contributed by atoms with Crippen LogP contribution in [0.2, 0.25) is 0 Å². The first-order valence-corrected chi connectivity index (χ1v) is 4.81. The summed E-state index contributed by atoms with van der Waals surface area (Å²) in [6, 6.07) is 0. The van der Waals surface area contributed by atoms with Crippen LogP contribution >= 0.6 is 33.8 Å². The molecule has 0 aliphatic carbocycles. The molecule has 0 saturated heterocycles. The molecule has 0 amide bonds. The van der Waals surface area contributed by atoms with Gasteiger partial charge in [0.15, 0.2) is 4.34 Å². The Balaban J connectivity index is 2.84. The summed E-state index contributed by atoms with van der Waals surface area (Å²) < 4.78 is 1.02. The van der Waals surface area contributed by atoms with E-state index >= 15 is 0 Å². The third kappa shape index (κ3) is 1.40. The normalized spacial score (nSPS) is 9.75. The van der Waals surface area contributed by atoms with Crippen LogP contribution in [0.4, 0.5) is 0 Å². The topological polar surface area (TPSA) is 12.9 Å². The van der Waals surface area contributed by atoms with E-state index < -0.39 is 0 Å². The number of hydrogen-bond acceptors (Lipinski definition) is 4. The van der Waals surface area contributed by atoms with Crippen molar-refractivity contribution in [3.8, 4) is 0 Å². The molecule has 1 heterocycles. The van der Waals surface area contributed by atoms with Crippen LogP contribution in [0.3, 0.4) is 0 Å². The van der Waals surface area contributed by atoms with Crippen LogP contribution in [-0.2, 0) is 0 Å². The largest absolute Gasteiger partial charge is 0.234 e. The Kier molecular flexibility index (Phi) is 2.22. The SMILES string of the molecule is Cc1csc(SS)n1. The highest BCUT2D eigenvalue weighted by molar-refractivity contribution is 8.69. The fourth-order valence-corrected chi connectivity index (χ4v) is 1.91. The van der Waals surface area contributed by atoms with Crippen LogP contribution in [-0.4, -0.2) is 4.98 Å². The van der Waals surface area contributed by atoms with Crippen molar-refractivity contribution in [1.29, 1.82) is 0 Å². The minimum Gasteiger partial charge on any atom is -0.234 e. The molecule has 8 heavy (non-hydrogen) atoms. The second-order valence-electron chi connectivity index (χ2n) is 1.35. The van der Waals surface area contributed by atoms with Crippen molar-refractivity contribution in [3.63, 3.8) is 0 Å². The Labute approximate surface area is 61.3 Å². The summed E-state index contributed by atoms with van der Waals surface area (Å²) in [6.45, 7) is 1.98. The van der Waals surface area contributed by atoms with Gasteiger partial charge in [-0.1, -0.05) is 0 Å². The molecule has 0 atom stereocenters. The van der Waals surface area contributed by atoms with Gasteiger partial charge in [0.2, 0.25) is 0 Å². The number of rotatable bonds is 1. The predicted molar refractivity (Wildman–Crippen MR) is 41.7 cm³/mol. The average Bonchev–Trinajstić information content (AvgIpc) is 2.14. The summed E-state index contributed by atoms with van der Waals surface area (Å²) in [5, 5.41) is 2.01.